The van der Waals surface area contributed by atoms with Crippen molar-refractivity contribution in [3.05, 3.63) is 43.6 Å². The lowest BCUT2D eigenvalue weighted by molar-refractivity contribution is -0.385. The van der Waals surface area contributed by atoms with Crippen LogP contribution in [0.5, 0.6) is 0 Å². The summed E-state index contributed by atoms with van der Waals surface area (Å²) in [5.74, 6) is 0. The smallest absolute Gasteiger partial charge is 0.272 e. The average molecular weight is 329 g/mol. The lowest BCUT2D eigenvalue weighted by atomic mass is 10.1. The molecule has 2 aromatic rings. The minimum Gasteiger partial charge on any atom is -0.277 e. The Hall–Kier alpha value is -1.44. The molecule has 0 aliphatic rings. The number of hydrogen-bond donors (Lipinski definition) is 1. The first-order chi connectivity index (χ1) is 7.59. The largest absolute Gasteiger partial charge is 0.277 e. The fraction of sp³-hybridized carbons (Fsp3) is 0.100. The molecule has 1 heterocycles. The maximum absolute atomic E-state index is 10.8. The molecule has 2 rings (SSSR count). The third-order valence-corrected chi connectivity index (χ3v) is 3.11. The van der Waals surface area contributed by atoms with Gasteiger partial charge in [0.05, 0.1) is 20.4 Å². The van der Waals surface area contributed by atoms with Crippen LogP contribution in [0.15, 0.2) is 24.4 Å². The van der Waals surface area contributed by atoms with Gasteiger partial charge in [-0.2, -0.15) is 5.10 Å². The molecule has 0 bridgehead atoms. The highest BCUT2D eigenvalue weighted by Crippen LogP contribution is 2.28. The summed E-state index contributed by atoms with van der Waals surface area (Å²) in [6.07, 6.45) is 1.68. The van der Waals surface area contributed by atoms with Gasteiger partial charge in [-0.25, -0.2) is 0 Å². The van der Waals surface area contributed by atoms with E-state index in [9.17, 15) is 10.1 Å². The van der Waals surface area contributed by atoms with Crippen LogP contribution in [0.3, 0.4) is 0 Å². The van der Waals surface area contributed by atoms with Gasteiger partial charge in [0.2, 0.25) is 0 Å². The minimum atomic E-state index is -0.373. The molecule has 0 radical (unpaired) electrons. The molecule has 0 amide bonds. The second-order valence-corrected chi connectivity index (χ2v) is 4.51. The molecule has 6 heteroatoms. The van der Waals surface area contributed by atoms with Crippen molar-refractivity contribution in [2.24, 2.45) is 0 Å². The third kappa shape index (κ3) is 1.92. The number of aryl methyl sites for hydroxylation is 1. The Morgan fingerprint density at radius 1 is 1.50 bits per heavy atom. The molecular weight excluding hydrogens is 321 g/mol. The maximum atomic E-state index is 10.8. The second-order valence-electron chi connectivity index (χ2n) is 3.35. The van der Waals surface area contributed by atoms with E-state index in [0.717, 1.165) is 14.8 Å². The number of H-pyrrole nitrogens is 1. The molecular formula is C10H8IN3O2. The fourth-order valence-corrected chi connectivity index (χ4v) is 2.01. The van der Waals surface area contributed by atoms with E-state index >= 15 is 0 Å². The molecule has 0 aliphatic carbocycles. The van der Waals surface area contributed by atoms with Crippen molar-refractivity contribution >= 4 is 28.3 Å². The molecule has 1 aromatic carbocycles. The summed E-state index contributed by atoms with van der Waals surface area (Å²) < 4.78 is 0.941. The van der Waals surface area contributed by atoms with Crippen LogP contribution in [-0.4, -0.2) is 15.1 Å². The predicted octanol–water partition coefficient (Wildman–Crippen LogP) is 2.90. The minimum absolute atomic E-state index is 0.128. The summed E-state index contributed by atoms with van der Waals surface area (Å²) in [4.78, 5) is 10.4. The first-order valence-corrected chi connectivity index (χ1v) is 5.62. The number of nitrogens with zero attached hydrogens (tertiary/aromatic N) is 2. The van der Waals surface area contributed by atoms with Gasteiger partial charge in [-0.05, 0) is 29.5 Å². The van der Waals surface area contributed by atoms with Crippen molar-refractivity contribution < 1.29 is 4.92 Å². The molecule has 1 N–H and O–H groups in total. The Balaban J connectivity index is 2.56. The van der Waals surface area contributed by atoms with Crippen molar-refractivity contribution in [2.75, 3.05) is 0 Å². The standard InChI is InChI=1S/C10H8IN3O2/c1-6-2-3-7(4-9(6)14(15)16)10-8(11)5-12-13-10/h2-5H,1H3,(H,12,13). The van der Waals surface area contributed by atoms with Gasteiger partial charge in [0.1, 0.15) is 0 Å². The van der Waals surface area contributed by atoms with Gasteiger partial charge in [0.25, 0.3) is 5.69 Å². The highest BCUT2D eigenvalue weighted by Gasteiger charge is 2.13. The topological polar surface area (TPSA) is 71.8 Å². The number of nitrogens with one attached hydrogen (secondary N) is 1. The molecule has 5 nitrogen and oxygen atoms in total. The average Bonchev–Trinajstić information content (AvgIpc) is 2.65. The zero-order valence-electron chi connectivity index (χ0n) is 8.40. The van der Waals surface area contributed by atoms with Crippen molar-refractivity contribution in [1.82, 2.24) is 10.2 Å². The molecule has 0 unspecified atom stereocenters. The summed E-state index contributed by atoms with van der Waals surface area (Å²) in [6.45, 7) is 1.72. The Bertz CT molecular complexity index is 551. The number of halogens is 1. The van der Waals surface area contributed by atoms with Gasteiger partial charge < -0.3 is 0 Å². The normalized spacial score (nSPS) is 10.4. The zero-order chi connectivity index (χ0) is 11.7. The Morgan fingerprint density at radius 2 is 2.25 bits per heavy atom. The Morgan fingerprint density at radius 3 is 2.81 bits per heavy atom. The quantitative estimate of drug-likeness (QED) is 0.523. The van der Waals surface area contributed by atoms with E-state index < -0.39 is 0 Å². The van der Waals surface area contributed by atoms with Crippen LogP contribution < -0.4 is 0 Å². The summed E-state index contributed by atoms with van der Waals surface area (Å²) in [7, 11) is 0. The molecule has 82 valence electrons. The van der Waals surface area contributed by atoms with Crippen LogP contribution in [-0.2, 0) is 0 Å². The van der Waals surface area contributed by atoms with E-state index in [4.69, 9.17) is 0 Å². The predicted molar refractivity (Wildman–Crippen MR) is 68.1 cm³/mol. The van der Waals surface area contributed by atoms with E-state index in [1.54, 1.807) is 25.3 Å². The van der Waals surface area contributed by atoms with Crippen LogP contribution >= 0.6 is 22.6 Å². The summed E-state index contributed by atoms with van der Waals surface area (Å²) in [5.41, 5.74) is 2.37. The molecule has 16 heavy (non-hydrogen) atoms. The van der Waals surface area contributed by atoms with E-state index in [2.05, 4.69) is 32.8 Å². The van der Waals surface area contributed by atoms with Gasteiger partial charge in [-0.3, -0.25) is 15.2 Å². The summed E-state index contributed by atoms with van der Waals surface area (Å²) in [5, 5.41) is 17.5. The van der Waals surface area contributed by atoms with Crippen molar-refractivity contribution in [1.29, 1.82) is 0 Å². The van der Waals surface area contributed by atoms with Crippen molar-refractivity contribution in [2.45, 2.75) is 6.92 Å². The lowest BCUT2D eigenvalue weighted by Gasteiger charge is -2.01. The number of nitro benzene ring substituents is 1. The van der Waals surface area contributed by atoms with Crippen molar-refractivity contribution in [3.63, 3.8) is 0 Å². The van der Waals surface area contributed by atoms with Crippen LogP contribution in [0.25, 0.3) is 11.3 Å². The molecule has 0 fully saturated rings. The van der Waals surface area contributed by atoms with Crippen LogP contribution in [0, 0.1) is 20.6 Å². The van der Waals surface area contributed by atoms with Gasteiger partial charge in [0, 0.05) is 17.2 Å². The molecule has 0 spiro atoms. The number of nitro groups is 1. The van der Waals surface area contributed by atoms with Crippen LogP contribution in [0.4, 0.5) is 5.69 Å². The first-order valence-electron chi connectivity index (χ1n) is 4.54. The molecule has 0 saturated carbocycles. The van der Waals surface area contributed by atoms with Gasteiger partial charge in [-0.1, -0.05) is 12.1 Å². The number of aromatic nitrogens is 2. The van der Waals surface area contributed by atoms with Crippen molar-refractivity contribution in [3.8, 4) is 11.3 Å². The van der Waals surface area contributed by atoms with E-state index in [-0.39, 0.29) is 10.6 Å². The van der Waals surface area contributed by atoms with E-state index in [1.807, 2.05) is 6.07 Å². The maximum Gasteiger partial charge on any atom is 0.272 e. The Kier molecular flexibility index (Phi) is 2.90. The van der Waals surface area contributed by atoms with Gasteiger partial charge >= 0.3 is 0 Å². The third-order valence-electron chi connectivity index (χ3n) is 2.29. The Labute approximate surface area is 105 Å². The summed E-state index contributed by atoms with van der Waals surface area (Å²) in [6, 6.07) is 5.15. The molecule has 1 aromatic heterocycles. The van der Waals surface area contributed by atoms with E-state index in [1.165, 1.54) is 0 Å². The number of hydrogen-bond acceptors (Lipinski definition) is 3. The van der Waals surface area contributed by atoms with Crippen LogP contribution in [0.2, 0.25) is 0 Å². The SMILES string of the molecule is Cc1ccc(-c2[nH]ncc2I)cc1[N+](=O)[O-]. The number of rotatable bonds is 2. The van der Waals surface area contributed by atoms with E-state index in [0.29, 0.717) is 5.56 Å². The number of benzene rings is 1. The van der Waals surface area contributed by atoms with Gasteiger partial charge in [0.15, 0.2) is 0 Å². The highest BCUT2D eigenvalue weighted by atomic mass is 127. The molecule has 0 saturated heterocycles. The van der Waals surface area contributed by atoms with Gasteiger partial charge in [-0.15, -0.1) is 0 Å². The fourth-order valence-electron chi connectivity index (χ4n) is 1.44. The summed E-state index contributed by atoms with van der Waals surface area (Å²) >= 11 is 2.13. The lowest BCUT2D eigenvalue weighted by Crippen LogP contribution is -1.92. The monoisotopic (exact) mass is 329 g/mol. The second kappa shape index (κ2) is 4.20. The molecule has 0 aliphatic heterocycles. The zero-order valence-corrected chi connectivity index (χ0v) is 10.6. The molecule has 0 atom stereocenters. The first kappa shape index (κ1) is 11.1. The number of aromatic amines is 1. The van der Waals surface area contributed by atoms with Crippen LogP contribution in [0.1, 0.15) is 5.56 Å². The highest BCUT2D eigenvalue weighted by molar-refractivity contribution is 14.1.